The van der Waals surface area contributed by atoms with Gasteiger partial charge >= 0.3 is 6.18 Å². The van der Waals surface area contributed by atoms with Crippen LogP contribution in [0.2, 0.25) is 0 Å². The minimum Gasteiger partial charge on any atom is -0.326 e. The van der Waals surface area contributed by atoms with Crippen molar-refractivity contribution in [3.05, 3.63) is 34.1 Å². The van der Waals surface area contributed by atoms with Crippen LogP contribution in [0, 0.1) is 10.1 Å². The molecule has 0 spiro atoms. The first-order chi connectivity index (χ1) is 8.75. The summed E-state index contributed by atoms with van der Waals surface area (Å²) in [7, 11) is 2.72. The van der Waals surface area contributed by atoms with E-state index in [9.17, 15) is 23.3 Å². The number of aliphatic imine (C=N–C) groups is 1. The minimum absolute atomic E-state index is 0.0334. The Morgan fingerprint density at radius 1 is 1.53 bits per heavy atom. The lowest BCUT2D eigenvalue weighted by Gasteiger charge is -2.19. The van der Waals surface area contributed by atoms with Crippen LogP contribution in [-0.4, -0.2) is 36.4 Å². The molecule has 1 aromatic heterocycles. The molecule has 0 amide bonds. The Labute approximate surface area is 106 Å². The van der Waals surface area contributed by atoms with Gasteiger partial charge in [0, 0.05) is 25.2 Å². The van der Waals surface area contributed by atoms with E-state index in [1.165, 1.54) is 25.2 Å². The Morgan fingerprint density at radius 3 is 2.63 bits per heavy atom. The van der Waals surface area contributed by atoms with Gasteiger partial charge in [-0.3, -0.25) is 20.1 Å². The van der Waals surface area contributed by atoms with Crippen LogP contribution in [0.3, 0.4) is 0 Å². The molecule has 0 atom stereocenters. The number of anilines is 1. The van der Waals surface area contributed by atoms with Crippen LogP contribution in [0.25, 0.3) is 0 Å². The van der Waals surface area contributed by atoms with E-state index in [-0.39, 0.29) is 11.5 Å². The Hall–Kier alpha value is -2.19. The monoisotopic (exact) mass is 276 g/mol. The van der Waals surface area contributed by atoms with Crippen molar-refractivity contribution < 1.29 is 18.1 Å². The molecule has 0 unspecified atom stereocenters. The summed E-state index contributed by atoms with van der Waals surface area (Å²) >= 11 is 0. The topological polar surface area (TPSA) is 71.6 Å². The number of alkyl halides is 3. The van der Waals surface area contributed by atoms with Gasteiger partial charge in [-0.1, -0.05) is 0 Å². The van der Waals surface area contributed by atoms with Crippen LogP contribution in [0.4, 0.5) is 18.9 Å². The predicted octanol–water partition coefficient (Wildman–Crippen LogP) is 1.84. The maximum Gasteiger partial charge on any atom is 0.417 e. The fourth-order valence-corrected chi connectivity index (χ4v) is 1.36. The summed E-state index contributed by atoms with van der Waals surface area (Å²) in [6.07, 6.45) is -2.65. The fourth-order valence-electron chi connectivity index (χ4n) is 1.36. The molecule has 1 aromatic rings. The van der Waals surface area contributed by atoms with E-state index >= 15 is 0 Å². The summed E-state index contributed by atoms with van der Waals surface area (Å²) in [6.45, 7) is -0.580. The summed E-state index contributed by atoms with van der Waals surface area (Å²) in [5.41, 5.74) is -0.842. The van der Waals surface area contributed by atoms with Crippen molar-refractivity contribution in [1.29, 1.82) is 0 Å². The summed E-state index contributed by atoms with van der Waals surface area (Å²) in [5.74, 6) is 0.0334. The summed E-state index contributed by atoms with van der Waals surface area (Å²) < 4.78 is 37.6. The Balaban J connectivity index is 3.06. The zero-order valence-corrected chi connectivity index (χ0v) is 10.2. The van der Waals surface area contributed by atoms with Gasteiger partial charge in [-0.15, -0.1) is 0 Å². The van der Waals surface area contributed by atoms with Crippen LogP contribution in [0.15, 0.2) is 23.5 Å². The number of halogens is 3. The number of hydrogen-bond acceptors (Lipinski definition) is 4. The van der Waals surface area contributed by atoms with Crippen LogP contribution < -0.4 is 4.90 Å². The van der Waals surface area contributed by atoms with Crippen molar-refractivity contribution >= 4 is 11.5 Å². The SMILES string of the molecule is CN=C(C[N+](=O)[O-])N(C)c1cncc(C(F)(F)F)c1. The van der Waals surface area contributed by atoms with E-state index < -0.39 is 23.2 Å². The molecule has 0 N–H and O–H groups in total. The molecular formula is C10H11F3N4O2. The molecule has 1 rings (SSSR count). The molecule has 0 saturated heterocycles. The third-order valence-electron chi connectivity index (χ3n) is 2.35. The number of nitro groups is 1. The normalized spacial score (nSPS) is 12.4. The van der Waals surface area contributed by atoms with Crippen molar-refractivity contribution in [2.24, 2.45) is 4.99 Å². The molecular weight excluding hydrogens is 265 g/mol. The fraction of sp³-hybridized carbons (Fsp3) is 0.400. The molecule has 0 aliphatic carbocycles. The molecule has 0 radical (unpaired) electrons. The number of amidine groups is 1. The number of aromatic nitrogens is 1. The molecule has 1 heterocycles. The van der Waals surface area contributed by atoms with Crippen molar-refractivity contribution in [3.8, 4) is 0 Å². The molecule has 0 saturated carbocycles. The smallest absolute Gasteiger partial charge is 0.326 e. The first-order valence-electron chi connectivity index (χ1n) is 5.09. The van der Waals surface area contributed by atoms with E-state index in [1.807, 2.05) is 0 Å². The first-order valence-corrected chi connectivity index (χ1v) is 5.09. The molecule has 6 nitrogen and oxygen atoms in total. The van der Waals surface area contributed by atoms with E-state index in [1.54, 1.807) is 0 Å². The third kappa shape index (κ3) is 3.90. The van der Waals surface area contributed by atoms with Crippen molar-refractivity contribution in [2.45, 2.75) is 6.18 Å². The maximum atomic E-state index is 12.5. The molecule has 9 heteroatoms. The molecule has 19 heavy (non-hydrogen) atoms. The standard InChI is InChI=1S/C10H11F3N4O2/c1-14-9(6-17(18)19)16(2)8-3-7(4-15-5-8)10(11,12)13/h3-5H,6H2,1-2H3. The second kappa shape index (κ2) is 5.63. The van der Waals surface area contributed by atoms with Gasteiger partial charge in [0.25, 0.3) is 6.54 Å². The quantitative estimate of drug-likeness (QED) is 0.365. The van der Waals surface area contributed by atoms with Crippen LogP contribution in [0.1, 0.15) is 5.56 Å². The maximum absolute atomic E-state index is 12.5. The molecule has 0 aliphatic heterocycles. The number of hydrogen-bond donors (Lipinski definition) is 0. The van der Waals surface area contributed by atoms with Gasteiger partial charge in [-0.05, 0) is 6.07 Å². The van der Waals surface area contributed by atoms with Gasteiger partial charge in [0.05, 0.1) is 17.4 Å². The average molecular weight is 276 g/mol. The lowest BCUT2D eigenvalue weighted by atomic mass is 10.2. The highest BCUT2D eigenvalue weighted by molar-refractivity contribution is 5.97. The highest BCUT2D eigenvalue weighted by Crippen LogP contribution is 2.30. The van der Waals surface area contributed by atoms with Gasteiger partial charge in [0.2, 0.25) is 0 Å². The van der Waals surface area contributed by atoms with E-state index in [0.717, 1.165) is 6.07 Å². The van der Waals surface area contributed by atoms with Crippen molar-refractivity contribution in [3.63, 3.8) is 0 Å². The zero-order valence-electron chi connectivity index (χ0n) is 10.2. The summed E-state index contributed by atoms with van der Waals surface area (Å²) in [6, 6.07) is 0.859. The van der Waals surface area contributed by atoms with Crippen LogP contribution in [0.5, 0.6) is 0 Å². The Kier molecular flexibility index (Phi) is 4.41. The van der Waals surface area contributed by atoms with Crippen molar-refractivity contribution in [2.75, 3.05) is 25.5 Å². The zero-order chi connectivity index (χ0) is 14.6. The Bertz CT molecular complexity index is 502. The largest absolute Gasteiger partial charge is 0.417 e. The van der Waals surface area contributed by atoms with Gasteiger partial charge in [0.1, 0.15) is 0 Å². The second-order valence-corrected chi connectivity index (χ2v) is 3.62. The highest BCUT2D eigenvalue weighted by Gasteiger charge is 2.31. The third-order valence-corrected chi connectivity index (χ3v) is 2.35. The minimum atomic E-state index is -4.52. The number of nitrogens with zero attached hydrogens (tertiary/aromatic N) is 4. The highest BCUT2D eigenvalue weighted by atomic mass is 19.4. The van der Waals surface area contributed by atoms with Crippen LogP contribution >= 0.6 is 0 Å². The van der Waals surface area contributed by atoms with E-state index in [4.69, 9.17) is 0 Å². The molecule has 104 valence electrons. The van der Waals surface area contributed by atoms with Gasteiger partial charge < -0.3 is 4.90 Å². The number of likely N-dealkylation sites (N-methyl/N-ethyl adjacent to an activating group) is 1. The van der Waals surface area contributed by atoms with Gasteiger partial charge in [-0.25, -0.2) is 0 Å². The van der Waals surface area contributed by atoms with Gasteiger partial charge in [0.15, 0.2) is 5.84 Å². The van der Waals surface area contributed by atoms with Crippen LogP contribution in [-0.2, 0) is 6.18 Å². The Morgan fingerprint density at radius 2 is 2.16 bits per heavy atom. The lowest BCUT2D eigenvalue weighted by molar-refractivity contribution is -0.463. The molecule has 0 fully saturated rings. The molecule has 0 aromatic carbocycles. The first kappa shape index (κ1) is 14.9. The summed E-state index contributed by atoms with van der Waals surface area (Å²) in [5, 5.41) is 10.4. The van der Waals surface area contributed by atoms with Gasteiger partial charge in [-0.2, -0.15) is 13.2 Å². The van der Waals surface area contributed by atoms with Crippen molar-refractivity contribution in [1.82, 2.24) is 4.98 Å². The van der Waals surface area contributed by atoms with E-state index in [2.05, 4.69) is 9.98 Å². The average Bonchev–Trinajstić information content (AvgIpc) is 2.34. The number of pyridine rings is 1. The molecule has 0 aliphatic rings. The van der Waals surface area contributed by atoms with E-state index in [0.29, 0.717) is 6.20 Å². The predicted molar refractivity (Wildman–Crippen MR) is 62.9 cm³/mol. The lowest BCUT2D eigenvalue weighted by Crippen LogP contribution is -2.32. The second-order valence-electron chi connectivity index (χ2n) is 3.62. The number of rotatable bonds is 3. The summed E-state index contributed by atoms with van der Waals surface area (Å²) in [4.78, 5) is 18.2. The molecule has 0 bridgehead atoms.